The summed E-state index contributed by atoms with van der Waals surface area (Å²) in [5.74, 6) is 0.902. The molecule has 0 saturated heterocycles. The van der Waals surface area contributed by atoms with E-state index in [4.69, 9.17) is 4.74 Å². The van der Waals surface area contributed by atoms with Crippen LogP contribution in [0.3, 0.4) is 0 Å². The van der Waals surface area contributed by atoms with E-state index < -0.39 is 0 Å². The van der Waals surface area contributed by atoms with Gasteiger partial charge in [-0.1, -0.05) is 33.6 Å². The second kappa shape index (κ2) is 8.16. The minimum atomic E-state index is 0.0136. The number of carbonyl (C=O) groups is 1. The van der Waals surface area contributed by atoms with Gasteiger partial charge in [0, 0.05) is 16.6 Å². The number of amides is 1. The van der Waals surface area contributed by atoms with Crippen LogP contribution in [-0.4, -0.2) is 12.5 Å². The van der Waals surface area contributed by atoms with Gasteiger partial charge in [0.05, 0.1) is 6.61 Å². The van der Waals surface area contributed by atoms with Gasteiger partial charge in [-0.3, -0.25) is 4.79 Å². The van der Waals surface area contributed by atoms with Gasteiger partial charge in [0.1, 0.15) is 5.75 Å². The topological polar surface area (TPSA) is 38.3 Å². The van der Waals surface area contributed by atoms with Crippen LogP contribution in [-0.2, 0) is 4.79 Å². The molecule has 0 radical (unpaired) electrons. The highest BCUT2D eigenvalue weighted by Gasteiger charge is 2.06. The van der Waals surface area contributed by atoms with E-state index in [9.17, 15) is 4.79 Å². The number of ether oxygens (including phenoxy) is 1. The van der Waals surface area contributed by atoms with Crippen LogP contribution >= 0.6 is 15.9 Å². The summed E-state index contributed by atoms with van der Waals surface area (Å²) in [6.07, 6.45) is 1.13. The average Bonchev–Trinajstić information content (AvgIpc) is 2.48. The van der Waals surface area contributed by atoms with E-state index >= 15 is 0 Å². The van der Waals surface area contributed by atoms with Crippen LogP contribution in [0.25, 0.3) is 0 Å². The van der Waals surface area contributed by atoms with Crippen LogP contribution in [0.2, 0.25) is 0 Å². The highest BCUT2D eigenvalue weighted by Crippen LogP contribution is 2.21. The standard InChI is InChI=1S/C19H22BrNO2/c1-13-6-9-18(15(3)11-13)23-10-4-5-19(22)21-17-8-7-16(20)12-14(17)2/h6-9,11-12H,4-5,10H2,1-3H3,(H,21,22). The zero-order valence-corrected chi connectivity index (χ0v) is 15.4. The van der Waals surface area contributed by atoms with Gasteiger partial charge in [-0.05, 0) is 62.6 Å². The molecular formula is C19H22BrNO2. The molecule has 0 aliphatic heterocycles. The molecule has 4 heteroatoms. The Kier molecular flexibility index (Phi) is 6.22. The lowest BCUT2D eigenvalue weighted by Gasteiger charge is -2.11. The van der Waals surface area contributed by atoms with Gasteiger partial charge in [0.25, 0.3) is 0 Å². The summed E-state index contributed by atoms with van der Waals surface area (Å²) in [5.41, 5.74) is 4.24. The second-order valence-corrected chi connectivity index (χ2v) is 6.64. The molecule has 0 unspecified atom stereocenters. The second-order valence-electron chi connectivity index (χ2n) is 5.73. The third-order valence-corrected chi connectivity index (χ3v) is 4.09. The van der Waals surface area contributed by atoms with Crippen molar-refractivity contribution >= 4 is 27.5 Å². The predicted molar refractivity (Wildman–Crippen MR) is 98.2 cm³/mol. The Morgan fingerprint density at radius 3 is 2.57 bits per heavy atom. The van der Waals surface area contributed by atoms with Gasteiger partial charge in [0.2, 0.25) is 5.91 Å². The van der Waals surface area contributed by atoms with Crippen molar-refractivity contribution in [3.63, 3.8) is 0 Å². The van der Waals surface area contributed by atoms with Crippen molar-refractivity contribution in [2.75, 3.05) is 11.9 Å². The Labute approximate surface area is 146 Å². The third kappa shape index (κ3) is 5.39. The van der Waals surface area contributed by atoms with E-state index in [1.807, 2.05) is 44.2 Å². The number of aryl methyl sites for hydroxylation is 3. The molecule has 2 aromatic carbocycles. The van der Waals surface area contributed by atoms with Crippen LogP contribution in [0.5, 0.6) is 5.75 Å². The number of hydrogen-bond acceptors (Lipinski definition) is 2. The Morgan fingerprint density at radius 2 is 1.87 bits per heavy atom. The molecule has 23 heavy (non-hydrogen) atoms. The van der Waals surface area contributed by atoms with E-state index in [1.165, 1.54) is 5.56 Å². The predicted octanol–water partition coefficient (Wildman–Crippen LogP) is 5.17. The van der Waals surface area contributed by atoms with Gasteiger partial charge < -0.3 is 10.1 Å². The van der Waals surface area contributed by atoms with Crippen molar-refractivity contribution in [1.82, 2.24) is 0 Å². The molecule has 3 nitrogen and oxygen atoms in total. The van der Waals surface area contributed by atoms with E-state index in [1.54, 1.807) is 0 Å². The van der Waals surface area contributed by atoms with Gasteiger partial charge >= 0.3 is 0 Å². The molecular weight excluding hydrogens is 354 g/mol. The molecule has 1 N–H and O–H groups in total. The first-order chi connectivity index (χ1) is 11.0. The molecule has 0 spiro atoms. The molecule has 0 atom stereocenters. The molecule has 0 aromatic heterocycles. The van der Waals surface area contributed by atoms with Crippen LogP contribution < -0.4 is 10.1 Å². The molecule has 0 bridgehead atoms. The fraction of sp³-hybridized carbons (Fsp3) is 0.316. The number of rotatable bonds is 6. The summed E-state index contributed by atoms with van der Waals surface area (Å²) in [6, 6.07) is 11.9. The van der Waals surface area contributed by atoms with Crippen molar-refractivity contribution in [1.29, 1.82) is 0 Å². The normalized spacial score (nSPS) is 10.4. The summed E-state index contributed by atoms with van der Waals surface area (Å²) < 4.78 is 6.75. The molecule has 0 fully saturated rings. The summed E-state index contributed by atoms with van der Waals surface area (Å²) in [4.78, 5) is 12.0. The number of benzene rings is 2. The van der Waals surface area contributed by atoms with E-state index in [2.05, 4.69) is 34.2 Å². The van der Waals surface area contributed by atoms with Crippen molar-refractivity contribution in [2.24, 2.45) is 0 Å². The Hall–Kier alpha value is -1.81. The van der Waals surface area contributed by atoms with Gasteiger partial charge in [-0.2, -0.15) is 0 Å². The largest absolute Gasteiger partial charge is 0.493 e. The van der Waals surface area contributed by atoms with Crippen LogP contribution in [0, 0.1) is 20.8 Å². The van der Waals surface area contributed by atoms with E-state index in [-0.39, 0.29) is 5.91 Å². The van der Waals surface area contributed by atoms with Crippen molar-refractivity contribution in [3.05, 3.63) is 57.6 Å². The molecule has 2 rings (SSSR count). The number of hydrogen-bond donors (Lipinski definition) is 1. The van der Waals surface area contributed by atoms with Gasteiger partial charge in [-0.25, -0.2) is 0 Å². The molecule has 1 amide bonds. The van der Waals surface area contributed by atoms with Crippen LogP contribution in [0.4, 0.5) is 5.69 Å². The summed E-state index contributed by atoms with van der Waals surface area (Å²) in [7, 11) is 0. The monoisotopic (exact) mass is 375 g/mol. The quantitative estimate of drug-likeness (QED) is 0.707. The zero-order valence-electron chi connectivity index (χ0n) is 13.8. The fourth-order valence-corrected chi connectivity index (χ4v) is 2.83. The smallest absolute Gasteiger partial charge is 0.224 e. The van der Waals surface area contributed by atoms with E-state index in [0.29, 0.717) is 19.4 Å². The SMILES string of the molecule is Cc1ccc(OCCCC(=O)Nc2ccc(Br)cc2C)c(C)c1. The lowest BCUT2D eigenvalue weighted by molar-refractivity contribution is -0.116. The fourth-order valence-electron chi connectivity index (χ4n) is 2.36. The lowest BCUT2D eigenvalue weighted by Crippen LogP contribution is -2.13. The van der Waals surface area contributed by atoms with Crippen molar-refractivity contribution in [2.45, 2.75) is 33.6 Å². The van der Waals surface area contributed by atoms with Gasteiger partial charge in [-0.15, -0.1) is 0 Å². The van der Waals surface area contributed by atoms with E-state index in [0.717, 1.165) is 27.0 Å². The molecule has 0 aliphatic rings. The highest BCUT2D eigenvalue weighted by atomic mass is 79.9. The Morgan fingerprint density at radius 1 is 1.09 bits per heavy atom. The minimum absolute atomic E-state index is 0.0136. The van der Waals surface area contributed by atoms with Gasteiger partial charge in [0.15, 0.2) is 0 Å². The molecule has 0 aliphatic carbocycles. The number of halogens is 1. The number of anilines is 1. The van der Waals surface area contributed by atoms with Crippen LogP contribution in [0.1, 0.15) is 29.5 Å². The lowest BCUT2D eigenvalue weighted by atomic mass is 10.1. The first-order valence-electron chi connectivity index (χ1n) is 7.72. The number of carbonyl (C=O) groups excluding carboxylic acids is 1. The highest BCUT2D eigenvalue weighted by molar-refractivity contribution is 9.10. The molecule has 2 aromatic rings. The zero-order chi connectivity index (χ0) is 16.8. The molecule has 0 heterocycles. The maximum atomic E-state index is 12.0. The Bertz CT molecular complexity index is 698. The summed E-state index contributed by atoms with van der Waals surface area (Å²) in [6.45, 7) is 6.61. The Balaban J connectivity index is 1.76. The average molecular weight is 376 g/mol. The molecule has 0 saturated carbocycles. The first-order valence-corrected chi connectivity index (χ1v) is 8.51. The number of nitrogens with one attached hydrogen (secondary N) is 1. The summed E-state index contributed by atoms with van der Waals surface area (Å²) in [5, 5.41) is 2.94. The third-order valence-electron chi connectivity index (χ3n) is 3.60. The maximum absolute atomic E-state index is 12.0. The van der Waals surface area contributed by atoms with Crippen molar-refractivity contribution in [3.8, 4) is 5.75 Å². The molecule has 122 valence electrons. The van der Waals surface area contributed by atoms with Crippen molar-refractivity contribution < 1.29 is 9.53 Å². The van der Waals surface area contributed by atoms with Crippen LogP contribution in [0.15, 0.2) is 40.9 Å². The summed E-state index contributed by atoms with van der Waals surface area (Å²) >= 11 is 3.42. The minimum Gasteiger partial charge on any atom is -0.493 e. The maximum Gasteiger partial charge on any atom is 0.224 e. The first kappa shape index (κ1) is 17.5.